The molecule has 30 heavy (non-hydrogen) atoms. The lowest BCUT2D eigenvalue weighted by Gasteiger charge is -2.34. The SMILES string of the molecule is CC(C)(COC1CCN(c2ccc(-c3nnc(-c4ncco4)[nH]3)cn2)CC1)C(=O)O. The lowest BCUT2D eigenvalue weighted by atomic mass is 9.95. The molecule has 1 aliphatic heterocycles. The van der Waals surface area contributed by atoms with Gasteiger partial charge in [0.05, 0.1) is 24.3 Å². The number of oxazole rings is 1. The molecule has 0 aromatic carbocycles. The Kier molecular flexibility index (Phi) is 5.49. The van der Waals surface area contributed by atoms with Crippen LogP contribution in [0.5, 0.6) is 0 Å². The first-order valence-corrected chi connectivity index (χ1v) is 9.81. The van der Waals surface area contributed by atoms with Crippen LogP contribution in [0.25, 0.3) is 23.1 Å². The van der Waals surface area contributed by atoms with E-state index < -0.39 is 11.4 Å². The zero-order chi connectivity index (χ0) is 21.1. The molecule has 1 fully saturated rings. The van der Waals surface area contributed by atoms with Crippen LogP contribution in [0, 0.1) is 5.41 Å². The first kappa shape index (κ1) is 20.0. The Morgan fingerprint density at radius 3 is 2.67 bits per heavy atom. The molecule has 4 heterocycles. The minimum Gasteiger partial charge on any atom is -0.481 e. The second kappa shape index (κ2) is 8.23. The Hall–Kier alpha value is -3.27. The molecule has 0 bridgehead atoms. The fraction of sp³-hybridized carbons (Fsp3) is 0.450. The van der Waals surface area contributed by atoms with Gasteiger partial charge in [-0.2, -0.15) is 0 Å². The highest BCUT2D eigenvalue weighted by Crippen LogP contribution is 2.25. The summed E-state index contributed by atoms with van der Waals surface area (Å²) < 4.78 is 11.1. The van der Waals surface area contributed by atoms with Crippen molar-refractivity contribution in [1.82, 2.24) is 25.1 Å². The third kappa shape index (κ3) is 4.33. The smallest absolute Gasteiger partial charge is 0.311 e. The second-order valence-corrected chi connectivity index (χ2v) is 7.95. The standard InChI is InChI=1S/C20H24N6O4/c1-20(2,19(27)28)12-30-14-5-8-26(9-6-14)15-4-3-13(11-22-15)16-23-17(25-24-16)18-21-7-10-29-18/h3-4,7,10-11,14H,5-6,8-9,12H2,1-2H3,(H,27,28)(H,23,24,25). The van der Waals surface area contributed by atoms with Crippen molar-refractivity contribution >= 4 is 11.8 Å². The monoisotopic (exact) mass is 412 g/mol. The maximum absolute atomic E-state index is 11.2. The zero-order valence-corrected chi connectivity index (χ0v) is 16.9. The third-order valence-electron chi connectivity index (χ3n) is 5.17. The van der Waals surface area contributed by atoms with Crippen molar-refractivity contribution in [2.45, 2.75) is 32.8 Å². The van der Waals surface area contributed by atoms with Gasteiger partial charge in [0.1, 0.15) is 12.1 Å². The molecule has 0 atom stereocenters. The van der Waals surface area contributed by atoms with Gasteiger partial charge in [0.15, 0.2) is 5.82 Å². The lowest BCUT2D eigenvalue weighted by Crippen LogP contribution is -2.39. The van der Waals surface area contributed by atoms with Crippen molar-refractivity contribution in [3.63, 3.8) is 0 Å². The maximum Gasteiger partial charge on any atom is 0.311 e. The maximum atomic E-state index is 11.2. The predicted octanol–water partition coefficient (Wildman–Crippen LogP) is 2.62. The molecule has 0 unspecified atom stereocenters. The summed E-state index contributed by atoms with van der Waals surface area (Å²) in [6.07, 6.45) is 6.53. The van der Waals surface area contributed by atoms with E-state index in [1.165, 1.54) is 6.26 Å². The molecule has 4 rings (SSSR count). The fourth-order valence-corrected chi connectivity index (χ4v) is 3.18. The predicted molar refractivity (Wildman–Crippen MR) is 108 cm³/mol. The van der Waals surface area contributed by atoms with Crippen LogP contribution in [-0.4, -0.2) is 62.0 Å². The number of piperidine rings is 1. The number of carboxylic acids is 1. The van der Waals surface area contributed by atoms with Gasteiger partial charge in [-0.3, -0.25) is 4.79 Å². The Bertz CT molecular complexity index is 975. The average Bonchev–Trinajstić information content (AvgIpc) is 3.45. The number of anilines is 1. The van der Waals surface area contributed by atoms with Gasteiger partial charge >= 0.3 is 5.97 Å². The quantitative estimate of drug-likeness (QED) is 0.601. The van der Waals surface area contributed by atoms with Gasteiger partial charge in [-0.1, -0.05) is 0 Å². The van der Waals surface area contributed by atoms with Gasteiger partial charge in [-0.05, 0) is 38.8 Å². The van der Waals surface area contributed by atoms with Crippen LogP contribution in [-0.2, 0) is 9.53 Å². The van der Waals surface area contributed by atoms with Gasteiger partial charge in [0.25, 0.3) is 5.89 Å². The molecule has 10 heteroatoms. The highest BCUT2D eigenvalue weighted by molar-refractivity contribution is 5.73. The highest BCUT2D eigenvalue weighted by Gasteiger charge is 2.30. The van der Waals surface area contributed by atoms with Crippen molar-refractivity contribution in [2.75, 3.05) is 24.6 Å². The summed E-state index contributed by atoms with van der Waals surface area (Å²) in [5.41, 5.74) is -0.0552. The van der Waals surface area contributed by atoms with E-state index in [1.807, 2.05) is 12.1 Å². The van der Waals surface area contributed by atoms with Crippen molar-refractivity contribution in [3.05, 3.63) is 30.8 Å². The fourth-order valence-electron chi connectivity index (χ4n) is 3.18. The van der Waals surface area contributed by atoms with E-state index in [0.29, 0.717) is 17.5 Å². The van der Waals surface area contributed by atoms with Gasteiger partial charge in [-0.15, -0.1) is 10.2 Å². The van der Waals surface area contributed by atoms with E-state index in [-0.39, 0.29) is 12.7 Å². The van der Waals surface area contributed by atoms with Gasteiger partial charge < -0.3 is 24.1 Å². The number of hydrogen-bond acceptors (Lipinski definition) is 8. The van der Waals surface area contributed by atoms with Crippen molar-refractivity contribution < 1.29 is 19.1 Å². The minimum absolute atomic E-state index is 0.0713. The average molecular weight is 412 g/mol. The lowest BCUT2D eigenvalue weighted by molar-refractivity contribution is -0.152. The molecule has 10 nitrogen and oxygen atoms in total. The molecule has 1 aliphatic rings. The van der Waals surface area contributed by atoms with E-state index in [2.05, 4.69) is 30.0 Å². The van der Waals surface area contributed by atoms with Crippen LogP contribution in [0.1, 0.15) is 26.7 Å². The largest absolute Gasteiger partial charge is 0.481 e. The van der Waals surface area contributed by atoms with Crippen LogP contribution in [0.3, 0.4) is 0 Å². The van der Waals surface area contributed by atoms with E-state index in [4.69, 9.17) is 9.15 Å². The van der Waals surface area contributed by atoms with E-state index in [0.717, 1.165) is 37.3 Å². The Balaban J connectivity index is 1.33. The number of aromatic nitrogens is 5. The Morgan fingerprint density at radius 2 is 2.03 bits per heavy atom. The third-order valence-corrected chi connectivity index (χ3v) is 5.17. The number of rotatable bonds is 7. The molecular formula is C20H24N6O4. The number of H-pyrrole nitrogens is 1. The number of pyridine rings is 1. The van der Waals surface area contributed by atoms with Crippen molar-refractivity contribution in [2.24, 2.45) is 5.41 Å². The number of aromatic amines is 1. The number of nitrogens with zero attached hydrogens (tertiary/aromatic N) is 5. The van der Waals surface area contributed by atoms with Crippen molar-refractivity contribution in [3.8, 4) is 23.1 Å². The zero-order valence-electron chi connectivity index (χ0n) is 16.9. The molecule has 2 N–H and O–H groups in total. The summed E-state index contributed by atoms with van der Waals surface area (Å²) >= 11 is 0. The molecule has 0 saturated carbocycles. The van der Waals surface area contributed by atoms with Crippen LogP contribution < -0.4 is 4.90 Å². The number of carbonyl (C=O) groups is 1. The van der Waals surface area contributed by atoms with Crippen LogP contribution in [0.15, 0.2) is 35.2 Å². The summed E-state index contributed by atoms with van der Waals surface area (Å²) in [5.74, 6) is 1.48. The number of ether oxygens (including phenoxy) is 1. The molecule has 0 aliphatic carbocycles. The van der Waals surface area contributed by atoms with E-state index >= 15 is 0 Å². The molecule has 0 spiro atoms. The summed E-state index contributed by atoms with van der Waals surface area (Å²) in [4.78, 5) is 25.1. The number of carboxylic acid groups (broad SMARTS) is 1. The summed E-state index contributed by atoms with van der Waals surface area (Å²) in [7, 11) is 0. The van der Waals surface area contributed by atoms with Crippen LogP contribution in [0.4, 0.5) is 5.82 Å². The first-order valence-electron chi connectivity index (χ1n) is 9.81. The summed E-state index contributed by atoms with van der Waals surface area (Å²) in [5, 5.41) is 17.4. The molecular weight excluding hydrogens is 388 g/mol. The number of nitrogens with one attached hydrogen (secondary N) is 1. The van der Waals surface area contributed by atoms with Gasteiger partial charge in [-0.25, -0.2) is 9.97 Å². The number of aliphatic carboxylic acids is 1. The second-order valence-electron chi connectivity index (χ2n) is 7.95. The van der Waals surface area contributed by atoms with Gasteiger partial charge in [0.2, 0.25) is 5.82 Å². The van der Waals surface area contributed by atoms with Crippen molar-refractivity contribution in [1.29, 1.82) is 0 Å². The molecule has 0 amide bonds. The van der Waals surface area contributed by atoms with E-state index in [9.17, 15) is 9.90 Å². The highest BCUT2D eigenvalue weighted by atomic mass is 16.5. The summed E-state index contributed by atoms with van der Waals surface area (Å²) in [6.45, 7) is 5.19. The molecule has 158 valence electrons. The van der Waals surface area contributed by atoms with Crippen LogP contribution >= 0.6 is 0 Å². The molecule has 3 aromatic rings. The Labute approximate surface area is 173 Å². The molecule has 3 aromatic heterocycles. The van der Waals surface area contributed by atoms with Crippen LogP contribution in [0.2, 0.25) is 0 Å². The topological polar surface area (TPSA) is 130 Å². The minimum atomic E-state index is -0.873. The van der Waals surface area contributed by atoms with Gasteiger partial charge in [0, 0.05) is 24.8 Å². The summed E-state index contributed by atoms with van der Waals surface area (Å²) in [6, 6.07) is 3.90. The number of hydrogen-bond donors (Lipinski definition) is 2. The van der Waals surface area contributed by atoms with E-state index in [1.54, 1.807) is 26.2 Å². The first-order chi connectivity index (χ1) is 14.4. The molecule has 0 radical (unpaired) electrons. The normalized spacial score (nSPS) is 15.5. The molecule has 1 saturated heterocycles. The Morgan fingerprint density at radius 1 is 1.27 bits per heavy atom.